The minimum atomic E-state index is -0.587. The van der Waals surface area contributed by atoms with Crippen LogP contribution in [0.5, 0.6) is 0 Å². The minimum absolute atomic E-state index is 0.0769. The van der Waals surface area contributed by atoms with Gasteiger partial charge in [0.15, 0.2) is 5.69 Å². The van der Waals surface area contributed by atoms with E-state index in [1.165, 1.54) is 12.1 Å². The Labute approximate surface area is 173 Å². The van der Waals surface area contributed by atoms with E-state index >= 15 is 0 Å². The van der Waals surface area contributed by atoms with Crippen molar-refractivity contribution in [2.45, 2.75) is 38.4 Å². The SMILES string of the molecule is CN(Cc1ccco1)C(=O)c1nn(C)c2c1C[C@@H](NCc1ccc(F)cc1F)CC2. The molecule has 3 aromatic rings. The fourth-order valence-corrected chi connectivity index (χ4v) is 3.94. The first-order valence-corrected chi connectivity index (χ1v) is 9.92. The highest BCUT2D eigenvalue weighted by atomic mass is 19.1. The third-order valence-electron chi connectivity index (χ3n) is 5.57. The maximum Gasteiger partial charge on any atom is 0.274 e. The van der Waals surface area contributed by atoms with Crippen LogP contribution in [0.4, 0.5) is 8.78 Å². The van der Waals surface area contributed by atoms with Gasteiger partial charge >= 0.3 is 0 Å². The zero-order chi connectivity index (χ0) is 21.3. The Balaban J connectivity index is 1.46. The number of carbonyl (C=O) groups excluding carboxylic acids is 1. The van der Waals surface area contributed by atoms with Gasteiger partial charge in [0.05, 0.1) is 12.8 Å². The zero-order valence-corrected chi connectivity index (χ0v) is 17.0. The Morgan fingerprint density at radius 3 is 2.93 bits per heavy atom. The average molecular weight is 414 g/mol. The molecule has 1 aliphatic carbocycles. The fourth-order valence-electron chi connectivity index (χ4n) is 3.94. The normalized spacial score (nSPS) is 15.8. The van der Waals surface area contributed by atoms with Crippen molar-refractivity contribution in [3.8, 4) is 0 Å². The van der Waals surface area contributed by atoms with Crippen LogP contribution in [-0.2, 0) is 33.0 Å². The van der Waals surface area contributed by atoms with Crippen LogP contribution in [0.2, 0.25) is 0 Å². The number of hydrogen-bond donors (Lipinski definition) is 1. The van der Waals surface area contributed by atoms with Crippen molar-refractivity contribution in [3.05, 3.63) is 76.5 Å². The standard InChI is InChI=1S/C22H24F2N4O2/c1-27(13-17-4-3-9-30-17)22(29)21-18-11-16(7-8-20(18)28(2)26-21)25-12-14-5-6-15(23)10-19(14)24/h3-6,9-10,16,25H,7-8,11-13H2,1-2H3/t16-/m0/s1. The molecule has 0 saturated heterocycles. The molecule has 0 saturated carbocycles. The number of carbonyl (C=O) groups is 1. The highest BCUT2D eigenvalue weighted by Gasteiger charge is 2.29. The molecule has 2 heterocycles. The zero-order valence-electron chi connectivity index (χ0n) is 17.0. The van der Waals surface area contributed by atoms with Crippen molar-refractivity contribution in [3.63, 3.8) is 0 Å². The molecule has 0 spiro atoms. The quantitative estimate of drug-likeness (QED) is 0.673. The van der Waals surface area contributed by atoms with E-state index < -0.39 is 11.6 Å². The van der Waals surface area contributed by atoms with E-state index in [4.69, 9.17) is 4.42 Å². The summed E-state index contributed by atoms with van der Waals surface area (Å²) in [5, 5.41) is 7.83. The molecule has 0 unspecified atom stereocenters. The van der Waals surface area contributed by atoms with Crippen molar-refractivity contribution in [2.24, 2.45) is 7.05 Å². The third-order valence-corrected chi connectivity index (χ3v) is 5.57. The van der Waals surface area contributed by atoms with Crippen LogP contribution in [0, 0.1) is 11.6 Å². The number of fused-ring (bicyclic) bond motifs is 1. The predicted molar refractivity (Wildman–Crippen MR) is 107 cm³/mol. The maximum atomic E-state index is 13.9. The summed E-state index contributed by atoms with van der Waals surface area (Å²) in [6.07, 6.45) is 3.83. The number of benzene rings is 1. The van der Waals surface area contributed by atoms with Gasteiger partial charge in [-0.25, -0.2) is 8.78 Å². The summed E-state index contributed by atoms with van der Waals surface area (Å²) >= 11 is 0. The van der Waals surface area contributed by atoms with Crippen LogP contribution in [0.25, 0.3) is 0 Å². The van der Waals surface area contributed by atoms with Gasteiger partial charge in [-0.2, -0.15) is 5.10 Å². The lowest BCUT2D eigenvalue weighted by molar-refractivity contribution is 0.0767. The summed E-state index contributed by atoms with van der Waals surface area (Å²) in [6, 6.07) is 7.29. The molecule has 2 aromatic heterocycles. The Morgan fingerprint density at radius 1 is 1.37 bits per heavy atom. The molecule has 8 heteroatoms. The van der Waals surface area contributed by atoms with Gasteiger partial charge in [-0.1, -0.05) is 6.07 Å². The van der Waals surface area contributed by atoms with Gasteiger partial charge in [0.1, 0.15) is 17.4 Å². The monoisotopic (exact) mass is 414 g/mol. The highest BCUT2D eigenvalue weighted by molar-refractivity contribution is 5.94. The van der Waals surface area contributed by atoms with Crippen molar-refractivity contribution in [2.75, 3.05) is 7.05 Å². The Morgan fingerprint density at radius 2 is 2.20 bits per heavy atom. The van der Waals surface area contributed by atoms with Crippen molar-refractivity contribution in [1.29, 1.82) is 0 Å². The molecule has 1 amide bonds. The second kappa shape index (κ2) is 8.39. The summed E-state index contributed by atoms with van der Waals surface area (Å²) in [6.45, 7) is 0.663. The topological polar surface area (TPSA) is 63.3 Å². The van der Waals surface area contributed by atoms with Crippen molar-refractivity contribution in [1.82, 2.24) is 20.0 Å². The number of aromatic nitrogens is 2. The maximum absolute atomic E-state index is 13.9. The van der Waals surface area contributed by atoms with E-state index in [1.807, 2.05) is 13.1 Å². The minimum Gasteiger partial charge on any atom is -0.467 e. The summed E-state index contributed by atoms with van der Waals surface area (Å²) in [5.74, 6) is -0.600. The smallest absolute Gasteiger partial charge is 0.274 e. The summed E-state index contributed by atoms with van der Waals surface area (Å²) < 4.78 is 34.1. The van der Waals surface area contributed by atoms with Crippen LogP contribution in [0.3, 0.4) is 0 Å². The van der Waals surface area contributed by atoms with E-state index in [-0.39, 0.29) is 11.9 Å². The average Bonchev–Trinajstić information content (AvgIpc) is 3.34. The number of nitrogens with zero attached hydrogens (tertiary/aromatic N) is 3. The first-order chi connectivity index (χ1) is 14.4. The van der Waals surface area contributed by atoms with Crippen LogP contribution in [-0.4, -0.2) is 33.7 Å². The van der Waals surface area contributed by atoms with E-state index in [1.54, 1.807) is 29.0 Å². The molecule has 1 aliphatic rings. The van der Waals surface area contributed by atoms with Gasteiger partial charge in [0.2, 0.25) is 0 Å². The number of amides is 1. The summed E-state index contributed by atoms with van der Waals surface area (Å²) in [4.78, 5) is 14.6. The Kier molecular flexibility index (Phi) is 5.67. The molecule has 1 atom stereocenters. The molecule has 6 nitrogen and oxygen atoms in total. The van der Waals surface area contributed by atoms with Crippen molar-refractivity contribution >= 4 is 5.91 Å². The van der Waals surface area contributed by atoms with E-state index in [2.05, 4.69) is 10.4 Å². The highest BCUT2D eigenvalue weighted by Crippen LogP contribution is 2.26. The molecule has 0 bridgehead atoms. The van der Waals surface area contributed by atoms with Crippen LogP contribution in [0.1, 0.15) is 39.5 Å². The second-order valence-electron chi connectivity index (χ2n) is 7.69. The third kappa shape index (κ3) is 4.14. The van der Waals surface area contributed by atoms with Gasteiger partial charge in [-0.05, 0) is 37.5 Å². The molecule has 0 radical (unpaired) electrons. The first kappa shape index (κ1) is 20.3. The van der Waals surface area contributed by atoms with Gasteiger partial charge < -0.3 is 14.6 Å². The molecule has 0 aliphatic heterocycles. The van der Waals surface area contributed by atoms with Gasteiger partial charge in [0, 0.05) is 49.6 Å². The van der Waals surface area contributed by atoms with Crippen LogP contribution < -0.4 is 5.32 Å². The molecular formula is C22H24F2N4O2. The summed E-state index contributed by atoms with van der Waals surface area (Å²) in [7, 11) is 3.57. The van der Waals surface area contributed by atoms with Crippen LogP contribution in [0.15, 0.2) is 41.0 Å². The van der Waals surface area contributed by atoms with Crippen molar-refractivity contribution < 1.29 is 18.0 Å². The molecule has 4 rings (SSSR count). The molecule has 158 valence electrons. The van der Waals surface area contributed by atoms with E-state index in [0.717, 1.165) is 30.2 Å². The molecular weight excluding hydrogens is 390 g/mol. The van der Waals surface area contributed by atoms with Crippen LogP contribution >= 0.6 is 0 Å². The molecule has 1 aromatic carbocycles. The Hall–Kier alpha value is -3.00. The lowest BCUT2D eigenvalue weighted by Gasteiger charge is -2.25. The fraction of sp³-hybridized carbons (Fsp3) is 0.364. The summed E-state index contributed by atoms with van der Waals surface area (Å²) in [5.41, 5.74) is 2.84. The molecule has 30 heavy (non-hydrogen) atoms. The number of hydrogen-bond acceptors (Lipinski definition) is 4. The lowest BCUT2D eigenvalue weighted by atomic mass is 9.91. The van der Waals surface area contributed by atoms with E-state index in [9.17, 15) is 13.6 Å². The van der Waals surface area contributed by atoms with Gasteiger partial charge in [-0.3, -0.25) is 9.48 Å². The molecule has 0 fully saturated rings. The molecule has 1 N–H and O–H groups in total. The number of aryl methyl sites for hydroxylation is 1. The number of nitrogens with one attached hydrogen (secondary N) is 1. The number of halogens is 2. The van der Waals surface area contributed by atoms with E-state index in [0.29, 0.717) is 36.5 Å². The Bertz CT molecular complexity index is 1050. The van der Waals surface area contributed by atoms with Gasteiger partial charge in [0.25, 0.3) is 5.91 Å². The second-order valence-corrected chi connectivity index (χ2v) is 7.69. The largest absolute Gasteiger partial charge is 0.467 e. The van der Waals surface area contributed by atoms with Gasteiger partial charge in [-0.15, -0.1) is 0 Å². The predicted octanol–water partition coefficient (Wildman–Crippen LogP) is 3.21. The lowest BCUT2D eigenvalue weighted by Crippen LogP contribution is -2.35. The number of furan rings is 1. The first-order valence-electron chi connectivity index (χ1n) is 9.92. The number of rotatable bonds is 6.